The second kappa shape index (κ2) is 15.9. The zero-order valence-electron chi connectivity index (χ0n) is 29.1. The Morgan fingerprint density at radius 1 is 1.12 bits per heavy atom. The number of halogens is 1. The van der Waals surface area contributed by atoms with E-state index < -0.39 is 31.7 Å². The molecule has 2 aromatic carbocycles. The topological polar surface area (TPSA) is 113 Å². The summed E-state index contributed by atoms with van der Waals surface area (Å²) in [5.41, 5.74) is 5.23. The molecule has 2 unspecified atom stereocenters. The maximum atomic E-state index is 14.3. The molecular formula is C40H44FN2O7P. The molecule has 1 saturated heterocycles. The van der Waals surface area contributed by atoms with Crippen LogP contribution >= 0.6 is 7.52 Å². The van der Waals surface area contributed by atoms with Gasteiger partial charge in [-0.05, 0) is 99.1 Å². The third kappa shape index (κ3) is 9.30. The molecule has 3 aliphatic rings. The van der Waals surface area contributed by atoms with Crippen molar-refractivity contribution >= 4 is 31.6 Å². The molecule has 0 bridgehead atoms. The molecule has 3 aromatic rings. The van der Waals surface area contributed by atoms with Crippen LogP contribution in [-0.2, 0) is 34.8 Å². The van der Waals surface area contributed by atoms with Crippen LogP contribution in [0.2, 0.25) is 0 Å². The number of pyridine rings is 1. The second-order valence-corrected chi connectivity index (χ2v) is 15.6. The summed E-state index contributed by atoms with van der Waals surface area (Å²) in [7, 11) is -3.81. The molecule has 6 rings (SSSR count). The molecule has 0 radical (unpaired) electrons. The maximum absolute atomic E-state index is 14.3. The molecule has 2 aliphatic carbocycles. The van der Waals surface area contributed by atoms with Gasteiger partial charge in [0.1, 0.15) is 30.1 Å². The van der Waals surface area contributed by atoms with E-state index in [9.17, 15) is 18.5 Å². The van der Waals surface area contributed by atoms with E-state index in [1.807, 2.05) is 30.4 Å². The number of nitrogens with one attached hydrogen (secondary N) is 1. The number of fused-ring (bicyclic) bond motifs is 1. The highest BCUT2D eigenvalue weighted by Crippen LogP contribution is 2.47. The molecular weight excluding hydrogens is 670 g/mol. The Bertz CT molecular complexity index is 1860. The summed E-state index contributed by atoms with van der Waals surface area (Å²) in [5.74, 6) is -0.489. The minimum absolute atomic E-state index is 0.0326. The fourth-order valence-corrected chi connectivity index (χ4v) is 8.09. The lowest BCUT2D eigenvalue weighted by atomic mass is 9.86. The van der Waals surface area contributed by atoms with Gasteiger partial charge in [-0.3, -0.25) is 19.1 Å². The first-order valence-electron chi connectivity index (χ1n) is 17.4. The van der Waals surface area contributed by atoms with Gasteiger partial charge in [-0.1, -0.05) is 48.6 Å². The summed E-state index contributed by atoms with van der Waals surface area (Å²) in [6, 6.07) is 14.2. The SMILES string of the molecule is C=C[C@H]1CC(=O)O[C@H](/C=C/c2c(C3CC3)nc3c(c2-c2ccc(F)cc2)CC(OCP(=O)(N[C@@H](C)C(=O)OC(C)C)Oc2ccccc2)C=C3)C1. The molecule has 0 spiro atoms. The largest absolute Gasteiger partial charge is 0.462 e. The number of rotatable bonds is 14. The molecule has 0 amide bonds. The Morgan fingerprint density at radius 3 is 2.55 bits per heavy atom. The van der Waals surface area contributed by atoms with Crippen LogP contribution in [-0.4, -0.2) is 47.6 Å². The minimum atomic E-state index is -3.81. The number of allylic oxidation sites excluding steroid dienone is 1. The molecule has 11 heteroatoms. The van der Waals surface area contributed by atoms with Crippen LogP contribution in [0.25, 0.3) is 23.3 Å². The summed E-state index contributed by atoms with van der Waals surface area (Å²) in [6.07, 6.45) is 11.2. The van der Waals surface area contributed by atoms with Gasteiger partial charge < -0.3 is 18.7 Å². The van der Waals surface area contributed by atoms with Gasteiger partial charge in [0.05, 0.1) is 30.0 Å². The highest BCUT2D eigenvalue weighted by atomic mass is 31.2. The number of aromatic nitrogens is 1. The van der Waals surface area contributed by atoms with Crippen molar-refractivity contribution in [2.24, 2.45) is 5.92 Å². The van der Waals surface area contributed by atoms with E-state index in [0.717, 1.165) is 46.5 Å². The quantitative estimate of drug-likeness (QED) is 0.0999. The van der Waals surface area contributed by atoms with Crippen LogP contribution in [0.15, 0.2) is 79.4 Å². The summed E-state index contributed by atoms with van der Waals surface area (Å²) in [6.45, 7) is 8.93. The number of carbonyl (C=O) groups is 2. The lowest BCUT2D eigenvalue weighted by Gasteiger charge is -2.28. The van der Waals surface area contributed by atoms with Gasteiger partial charge in [0, 0.05) is 17.9 Å². The van der Waals surface area contributed by atoms with E-state index in [0.29, 0.717) is 25.0 Å². The van der Waals surface area contributed by atoms with Crippen molar-refractivity contribution in [3.8, 4) is 16.9 Å². The van der Waals surface area contributed by atoms with E-state index in [2.05, 4.69) is 11.7 Å². The van der Waals surface area contributed by atoms with E-state index in [4.69, 9.17) is 23.7 Å². The molecule has 2 fully saturated rings. The zero-order chi connectivity index (χ0) is 36.1. The Kier molecular flexibility index (Phi) is 11.3. The van der Waals surface area contributed by atoms with Crippen LogP contribution in [0.5, 0.6) is 5.75 Å². The van der Waals surface area contributed by atoms with Gasteiger partial charge in [-0.25, -0.2) is 9.48 Å². The normalized spacial score (nSPS) is 21.8. The van der Waals surface area contributed by atoms with Crippen molar-refractivity contribution in [2.45, 2.75) is 83.1 Å². The predicted octanol–water partition coefficient (Wildman–Crippen LogP) is 8.40. The van der Waals surface area contributed by atoms with Crippen molar-refractivity contribution in [3.63, 3.8) is 0 Å². The predicted molar refractivity (Wildman–Crippen MR) is 194 cm³/mol. The summed E-state index contributed by atoms with van der Waals surface area (Å²) in [4.78, 5) is 30.1. The van der Waals surface area contributed by atoms with Gasteiger partial charge in [-0.15, -0.1) is 6.58 Å². The van der Waals surface area contributed by atoms with Gasteiger partial charge in [0.15, 0.2) is 0 Å². The molecule has 2 heterocycles. The van der Waals surface area contributed by atoms with Crippen LogP contribution in [0.3, 0.4) is 0 Å². The lowest BCUT2D eigenvalue weighted by Crippen LogP contribution is -2.37. The molecule has 51 heavy (non-hydrogen) atoms. The number of cyclic esters (lactones) is 1. The highest BCUT2D eigenvalue weighted by Gasteiger charge is 2.35. The molecule has 268 valence electrons. The van der Waals surface area contributed by atoms with E-state index in [1.165, 1.54) is 12.1 Å². The molecule has 9 nitrogen and oxygen atoms in total. The smallest absolute Gasteiger partial charge is 0.342 e. The minimum Gasteiger partial charge on any atom is -0.462 e. The monoisotopic (exact) mass is 714 g/mol. The van der Waals surface area contributed by atoms with Gasteiger partial charge in [0.2, 0.25) is 0 Å². The van der Waals surface area contributed by atoms with Gasteiger partial charge in [-0.2, -0.15) is 0 Å². The lowest BCUT2D eigenvalue weighted by molar-refractivity contribution is -0.152. The zero-order valence-corrected chi connectivity index (χ0v) is 30.0. The van der Waals surface area contributed by atoms with Crippen LogP contribution < -0.4 is 9.61 Å². The Morgan fingerprint density at radius 2 is 1.86 bits per heavy atom. The molecule has 1 saturated carbocycles. The van der Waals surface area contributed by atoms with Crippen molar-refractivity contribution in [1.29, 1.82) is 0 Å². The van der Waals surface area contributed by atoms with Crippen LogP contribution in [0.1, 0.15) is 74.9 Å². The molecule has 1 aliphatic heterocycles. The first kappa shape index (κ1) is 36.4. The van der Waals surface area contributed by atoms with Crippen molar-refractivity contribution < 1.29 is 37.3 Å². The summed E-state index contributed by atoms with van der Waals surface area (Å²) >= 11 is 0. The van der Waals surface area contributed by atoms with Gasteiger partial charge >= 0.3 is 19.5 Å². The highest BCUT2D eigenvalue weighted by molar-refractivity contribution is 7.57. The molecule has 1 aromatic heterocycles. The van der Waals surface area contributed by atoms with E-state index in [1.54, 1.807) is 63.2 Å². The Labute approximate surface area is 298 Å². The number of hydrogen-bond acceptors (Lipinski definition) is 8. The van der Waals surface area contributed by atoms with Crippen molar-refractivity contribution in [1.82, 2.24) is 10.1 Å². The van der Waals surface area contributed by atoms with Crippen LogP contribution in [0, 0.1) is 11.7 Å². The number of benzene rings is 2. The maximum Gasteiger partial charge on any atom is 0.342 e. The number of carbonyl (C=O) groups excluding carboxylic acids is 2. The van der Waals surface area contributed by atoms with Crippen molar-refractivity contribution in [3.05, 3.63) is 108 Å². The van der Waals surface area contributed by atoms with E-state index in [-0.39, 0.29) is 36.1 Å². The Balaban J connectivity index is 1.31. The number of para-hydroxylation sites is 1. The number of nitrogens with zero attached hydrogens (tertiary/aromatic N) is 1. The van der Waals surface area contributed by atoms with E-state index >= 15 is 0 Å². The van der Waals surface area contributed by atoms with Gasteiger partial charge in [0.25, 0.3) is 0 Å². The fraction of sp³-hybridized carbons (Fsp3) is 0.375. The summed E-state index contributed by atoms with van der Waals surface area (Å²) in [5, 5.41) is 2.85. The average molecular weight is 715 g/mol. The summed E-state index contributed by atoms with van der Waals surface area (Å²) < 4.78 is 51.8. The third-order valence-electron chi connectivity index (χ3n) is 8.98. The third-order valence-corrected chi connectivity index (χ3v) is 10.8. The van der Waals surface area contributed by atoms with Crippen molar-refractivity contribution in [2.75, 3.05) is 6.35 Å². The van der Waals surface area contributed by atoms with Crippen LogP contribution in [0.4, 0.5) is 4.39 Å². The average Bonchev–Trinajstić information content (AvgIpc) is 3.95. The number of ether oxygens (including phenoxy) is 3. The molecule has 5 atom stereocenters. The standard InChI is InChI=1S/C40H44FN2O7P/c1-5-27-21-33(49-37(44)22-27)17-19-34-38(28-13-15-30(41)16-14-28)35-23-32(18-20-36(35)42-39(34)29-11-12-29)47-24-51(46,50-31-9-7-6-8-10-31)43-26(4)40(45)48-25(2)3/h5-10,13-20,25-27,29,32-33H,1,11-12,21-24H2,2-4H3,(H,43,46)/b19-17+/t26-,27+,32?,33+,51?/m0/s1. The second-order valence-electron chi connectivity index (χ2n) is 13.6. The Hall–Kier alpha value is -4.37. The molecule has 1 N–H and O–H groups in total. The number of hydrogen-bond donors (Lipinski definition) is 1. The fourth-order valence-electron chi connectivity index (χ4n) is 6.37. The first-order valence-corrected chi connectivity index (χ1v) is 19.3. The number of esters is 2. The first-order chi connectivity index (χ1) is 24.5.